The van der Waals surface area contributed by atoms with Gasteiger partial charge in [-0.1, -0.05) is 24.3 Å². The highest BCUT2D eigenvalue weighted by Crippen LogP contribution is 2.39. The first kappa shape index (κ1) is 21.0. The minimum atomic E-state index is -4.67. The van der Waals surface area contributed by atoms with E-state index in [9.17, 15) is 22.7 Å². The zero-order valence-electron chi connectivity index (χ0n) is 16.4. The van der Waals surface area contributed by atoms with Crippen molar-refractivity contribution in [1.29, 1.82) is 0 Å². The van der Waals surface area contributed by atoms with Gasteiger partial charge in [0.2, 0.25) is 5.82 Å². The Morgan fingerprint density at radius 3 is 2.32 bits per heavy atom. The van der Waals surface area contributed by atoms with Crippen molar-refractivity contribution in [3.8, 4) is 0 Å². The molecule has 0 amide bonds. The number of rotatable bonds is 3. The summed E-state index contributed by atoms with van der Waals surface area (Å²) in [6.07, 6.45) is -1.98. The monoisotopic (exact) mass is 431 g/mol. The minimum absolute atomic E-state index is 0.0544. The number of anilines is 1. The van der Waals surface area contributed by atoms with E-state index in [0.29, 0.717) is 36.6 Å². The van der Waals surface area contributed by atoms with Crippen molar-refractivity contribution in [1.82, 2.24) is 9.97 Å². The lowest BCUT2D eigenvalue weighted by molar-refractivity contribution is -0.213. The molecule has 3 aromatic rings. The average Bonchev–Trinajstić information content (AvgIpc) is 2.73. The van der Waals surface area contributed by atoms with E-state index in [2.05, 4.69) is 15.0 Å². The van der Waals surface area contributed by atoms with Gasteiger partial charge in [-0.2, -0.15) is 13.2 Å². The summed E-state index contributed by atoms with van der Waals surface area (Å²) in [6.45, 7) is 0. The molecule has 1 aliphatic rings. The fraction of sp³-hybridized carbons (Fsp3) is 0.318. The number of hydrogen-bond acceptors (Lipinski definition) is 5. The Kier molecular flexibility index (Phi) is 5.51. The van der Waals surface area contributed by atoms with Gasteiger partial charge in [0.05, 0.1) is 5.52 Å². The predicted molar refractivity (Wildman–Crippen MR) is 107 cm³/mol. The molecule has 1 fully saturated rings. The van der Waals surface area contributed by atoms with Crippen LogP contribution in [0.5, 0.6) is 0 Å². The van der Waals surface area contributed by atoms with E-state index < -0.39 is 17.8 Å². The molecule has 4 rings (SSSR count). The minimum Gasteiger partial charge on any atom is -0.858 e. The van der Waals surface area contributed by atoms with Crippen LogP contribution in [-0.2, 0) is 6.18 Å². The van der Waals surface area contributed by atoms with E-state index in [1.807, 2.05) is 6.07 Å². The molecule has 0 unspecified atom stereocenters. The standard InChI is InChI=1S/C22H20F4N4O/c23-14-8-4-13(5-9-14)20(31)28-15-10-6-12(7-11-15)16-2-1-3-17-18(16)19(27)30-21(29-17)22(24,25)26/h1-5,8-9,12,15H,6-7,10-11H2,(H,28,31)(H2,27,29,30)/p-1. The number of fused-ring (bicyclic) bond motifs is 1. The van der Waals surface area contributed by atoms with Crippen LogP contribution in [0.1, 0.15) is 48.6 Å². The first-order chi connectivity index (χ1) is 14.7. The van der Waals surface area contributed by atoms with E-state index >= 15 is 0 Å². The number of nitrogen functional groups attached to an aromatic ring is 1. The quantitative estimate of drug-likeness (QED) is 0.383. The summed E-state index contributed by atoms with van der Waals surface area (Å²) in [4.78, 5) is 11.4. The van der Waals surface area contributed by atoms with Crippen LogP contribution in [0.15, 0.2) is 47.5 Å². The molecule has 0 radical (unpaired) electrons. The van der Waals surface area contributed by atoms with Crippen LogP contribution in [-0.4, -0.2) is 21.9 Å². The van der Waals surface area contributed by atoms with E-state index in [4.69, 9.17) is 5.73 Å². The Hall–Kier alpha value is -3.23. The lowest BCUT2D eigenvalue weighted by Gasteiger charge is -2.29. The van der Waals surface area contributed by atoms with Gasteiger partial charge in [0, 0.05) is 11.4 Å². The Morgan fingerprint density at radius 1 is 1.00 bits per heavy atom. The predicted octanol–water partition coefficient (Wildman–Crippen LogP) is 4.20. The molecule has 2 aromatic carbocycles. The smallest absolute Gasteiger partial charge is 0.451 e. The second kappa shape index (κ2) is 8.13. The lowest BCUT2D eigenvalue weighted by Crippen LogP contribution is -2.24. The van der Waals surface area contributed by atoms with E-state index in [1.165, 1.54) is 30.3 Å². The SMILES string of the molecule is Nc1nc(C(F)(F)F)nc2cccc(C3CCC(N=C([O-])c4ccc(F)cc4)CC3)c12. The second-order valence-electron chi connectivity index (χ2n) is 7.62. The third-order valence-corrected chi connectivity index (χ3v) is 5.56. The average molecular weight is 431 g/mol. The molecule has 1 aromatic heterocycles. The normalized spacial score (nSPS) is 20.2. The summed E-state index contributed by atoms with van der Waals surface area (Å²) in [5.41, 5.74) is 7.20. The van der Waals surface area contributed by atoms with Gasteiger partial charge < -0.3 is 10.8 Å². The summed E-state index contributed by atoms with van der Waals surface area (Å²) in [6, 6.07) is 10.1. The third kappa shape index (κ3) is 4.45. The highest BCUT2D eigenvalue weighted by molar-refractivity contribution is 5.92. The molecule has 31 heavy (non-hydrogen) atoms. The maximum atomic E-state index is 13.0. The molecular formula is C22H19F4N4O-. The number of hydrogen-bond donors (Lipinski definition) is 1. The van der Waals surface area contributed by atoms with Crippen molar-refractivity contribution in [3.63, 3.8) is 0 Å². The molecule has 0 bridgehead atoms. The van der Waals surface area contributed by atoms with Crippen molar-refractivity contribution in [2.45, 2.75) is 43.8 Å². The van der Waals surface area contributed by atoms with Gasteiger partial charge in [-0.3, -0.25) is 4.99 Å². The Labute approximate surface area is 175 Å². The van der Waals surface area contributed by atoms with E-state index in [0.717, 1.165) is 5.56 Å². The van der Waals surface area contributed by atoms with Crippen molar-refractivity contribution in [2.75, 3.05) is 5.73 Å². The molecule has 162 valence electrons. The molecule has 1 aliphatic carbocycles. The number of aliphatic imine (C=N–C) groups is 1. The topological polar surface area (TPSA) is 87.2 Å². The summed E-state index contributed by atoms with van der Waals surface area (Å²) in [5.74, 6) is -2.19. The first-order valence-electron chi connectivity index (χ1n) is 9.86. The fourth-order valence-corrected chi connectivity index (χ4v) is 4.05. The number of aromatic nitrogens is 2. The highest BCUT2D eigenvalue weighted by Gasteiger charge is 2.36. The van der Waals surface area contributed by atoms with Crippen LogP contribution < -0.4 is 10.8 Å². The lowest BCUT2D eigenvalue weighted by atomic mass is 9.80. The molecule has 1 saturated carbocycles. The van der Waals surface area contributed by atoms with Crippen LogP contribution in [0.25, 0.3) is 10.9 Å². The van der Waals surface area contributed by atoms with Crippen molar-refractivity contribution < 1.29 is 22.7 Å². The van der Waals surface area contributed by atoms with Gasteiger partial charge in [0.1, 0.15) is 11.6 Å². The van der Waals surface area contributed by atoms with Gasteiger partial charge in [0.25, 0.3) is 0 Å². The molecule has 0 saturated heterocycles. The van der Waals surface area contributed by atoms with E-state index in [1.54, 1.807) is 6.07 Å². The molecule has 9 heteroatoms. The fourth-order valence-electron chi connectivity index (χ4n) is 4.05. The third-order valence-electron chi connectivity index (χ3n) is 5.56. The first-order valence-corrected chi connectivity index (χ1v) is 9.86. The van der Waals surface area contributed by atoms with Crippen molar-refractivity contribution >= 4 is 22.6 Å². The largest absolute Gasteiger partial charge is 0.858 e. The van der Waals surface area contributed by atoms with Crippen molar-refractivity contribution in [2.24, 2.45) is 4.99 Å². The van der Waals surface area contributed by atoms with Gasteiger partial charge in [-0.05, 0) is 66.8 Å². The van der Waals surface area contributed by atoms with Gasteiger partial charge >= 0.3 is 6.18 Å². The summed E-state index contributed by atoms with van der Waals surface area (Å²) in [7, 11) is 0. The summed E-state index contributed by atoms with van der Waals surface area (Å²) < 4.78 is 52.0. The molecule has 0 atom stereocenters. The molecule has 2 N–H and O–H groups in total. The Balaban J connectivity index is 1.53. The summed E-state index contributed by atoms with van der Waals surface area (Å²) >= 11 is 0. The van der Waals surface area contributed by atoms with Gasteiger partial charge in [-0.15, -0.1) is 0 Å². The van der Waals surface area contributed by atoms with E-state index in [-0.39, 0.29) is 29.2 Å². The molecule has 5 nitrogen and oxygen atoms in total. The molecule has 1 heterocycles. The number of alkyl halides is 3. The Bertz CT molecular complexity index is 1120. The Morgan fingerprint density at radius 2 is 1.68 bits per heavy atom. The maximum Gasteiger partial charge on any atom is 0.451 e. The zero-order chi connectivity index (χ0) is 22.2. The summed E-state index contributed by atoms with van der Waals surface area (Å²) in [5, 5.41) is 12.7. The van der Waals surface area contributed by atoms with Crippen LogP contribution in [0.2, 0.25) is 0 Å². The van der Waals surface area contributed by atoms with Crippen LogP contribution in [0.4, 0.5) is 23.4 Å². The highest BCUT2D eigenvalue weighted by atomic mass is 19.4. The van der Waals surface area contributed by atoms with Crippen molar-refractivity contribution in [3.05, 3.63) is 65.2 Å². The van der Waals surface area contributed by atoms with Crippen LogP contribution in [0, 0.1) is 5.82 Å². The second-order valence-corrected chi connectivity index (χ2v) is 7.62. The maximum absolute atomic E-state index is 13.0. The van der Waals surface area contributed by atoms with Crippen LogP contribution >= 0.6 is 0 Å². The van der Waals surface area contributed by atoms with Gasteiger partial charge in [-0.25, -0.2) is 14.4 Å². The van der Waals surface area contributed by atoms with Crippen LogP contribution in [0.3, 0.4) is 0 Å². The molecular weight excluding hydrogens is 412 g/mol. The molecule has 0 spiro atoms. The van der Waals surface area contributed by atoms with Gasteiger partial charge in [0.15, 0.2) is 0 Å². The molecule has 0 aliphatic heterocycles. The number of halogens is 4. The zero-order valence-corrected chi connectivity index (χ0v) is 16.4. The number of benzene rings is 2. The number of nitrogens with zero attached hydrogens (tertiary/aromatic N) is 3. The number of nitrogens with two attached hydrogens (primary N) is 1.